The number of nitrogens with zero attached hydrogens (tertiary/aromatic N) is 2. The molecule has 1 aliphatic rings. The maximum atomic E-state index is 13.7. The minimum Gasteiger partial charge on any atom is -0.318 e. The number of urea groups is 1. The van der Waals surface area contributed by atoms with E-state index in [0.717, 1.165) is 33.8 Å². The first-order chi connectivity index (χ1) is 15.5. The van der Waals surface area contributed by atoms with Gasteiger partial charge in [-0.05, 0) is 78.6 Å². The van der Waals surface area contributed by atoms with Gasteiger partial charge in [-0.3, -0.25) is 0 Å². The molecular formula is C27H24ClN3O. The first-order valence-corrected chi connectivity index (χ1v) is 11.0. The molecule has 0 saturated carbocycles. The minimum absolute atomic E-state index is 0.141. The van der Waals surface area contributed by atoms with E-state index in [2.05, 4.69) is 48.1 Å². The zero-order valence-electron chi connectivity index (χ0n) is 18.0. The molecule has 4 aromatic rings. The summed E-state index contributed by atoms with van der Waals surface area (Å²) in [6.07, 6.45) is 2.06. The molecule has 1 atom stereocenters. The van der Waals surface area contributed by atoms with Crippen LogP contribution in [0.4, 0.5) is 10.5 Å². The second kappa shape index (κ2) is 8.21. The van der Waals surface area contributed by atoms with Crippen LogP contribution in [0, 0.1) is 13.8 Å². The maximum Gasteiger partial charge on any atom is 0.322 e. The first-order valence-electron chi connectivity index (χ1n) is 10.7. The summed E-state index contributed by atoms with van der Waals surface area (Å²) >= 11 is 6.17. The van der Waals surface area contributed by atoms with Crippen molar-refractivity contribution in [3.05, 3.63) is 118 Å². The number of fused-ring (bicyclic) bond motifs is 3. The molecule has 0 fully saturated rings. The molecule has 1 aliphatic heterocycles. The summed E-state index contributed by atoms with van der Waals surface area (Å²) in [5, 5.41) is 3.80. The van der Waals surface area contributed by atoms with Crippen molar-refractivity contribution in [2.45, 2.75) is 26.4 Å². The van der Waals surface area contributed by atoms with Crippen LogP contribution >= 0.6 is 11.6 Å². The van der Waals surface area contributed by atoms with Gasteiger partial charge in [-0.15, -0.1) is 0 Å². The Balaban J connectivity index is 1.61. The molecule has 5 rings (SSSR count). The fourth-order valence-electron chi connectivity index (χ4n) is 4.35. The van der Waals surface area contributed by atoms with Gasteiger partial charge in [0.1, 0.15) is 0 Å². The van der Waals surface area contributed by atoms with Crippen molar-refractivity contribution in [1.29, 1.82) is 0 Å². The van der Waals surface area contributed by atoms with Crippen molar-refractivity contribution < 1.29 is 4.79 Å². The Morgan fingerprint density at radius 3 is 2.50 bits per heavy atom. The minimum atomic E-state index is -0.263. The second-order valence-corrected chi connectivity index (χ2v) is 8.68. The van der Waals surface area contributed by atoms with Crippen LogP contribution in [0.15, 0.2) is 85.1 Å². The molecule has 1 N–H and O–H groups in total. The number of carbonyl (C=O) groups excluding carboxylic acids is 1. The molecule has 0 aliphatic carbocycles. The van der Waals surface area contributed by atoms with Crippen LogP contribution in [0.25, 0.3) is 5.69 Å². The normalized spacial score (nSPS) is 15.0. The van der Waals surface area contributed by atoms with E-state index >= 15 is 0 Å². The summed E-state index contributed by atoms with van der Waals surface area (Å²) in [5.74, 6) is 0. The molecule has 0 spiro atoms. The summed E-state index contributed by atoms with van der Waals surface area (Å²) in [7, 11) is 0. The number of hydrogen-bond acceptors (Lipinski definition) is 1. The van der Waals surface area contributed by atoms with Gasteiger partial charge in [-0.1, -0.05) is 48.0 Å². The van der Waals surface area contributed by atoms with E-state index in [4.69, 9.17) is 11.6 Å². The number of anilines is 1. The van der Waals surface area contributed by atoms with E-state index in [1.165, 1.54) is 5.56 Å². The summed E-state index contributed by atoms with van der Waals surface area (Å²) in [6, 6.07) is 25.7. The van der Waals surface area contributed by atoms with Gasteiger partial charge in [0.25, 0.3) is 0 Å². The number of para-hydroxylation sites is 1. The molecule has 0 bridgehead atoms. The lowest BCUT2D eigenvalue weighted by atomic mass is 10.0. The Morgan fingerprint density at radius 2 is 1.72 bits per heavy atom. The van der Waals surface area contributed by atoms with Crippen molar-refractivity contribution in [3.8, 4) is 5.69 Å². The number of carbonyl (C=O) groups is 1. The summed E-state index contributed by atoms with van der Waals surface area (Å²) < 4.78 is 2.18. The van der Waals surface area contributed by atoms with Gasteiger partial charge in [0, 0.05) is 22.6 Å². The van der Waals surface area contributed by atoms with Gasteiger partial charge in [0.2, 0.25) is 0 Å². The van der Waals surface area contributed by atoms with E-state index in [9.17, 15) is 4.79 Å². The van der Waals surface area contributed by atoms with Crippen LogP contribution in [-0.2, 0) is 6.54 Å². The lowest BCUT2D eigenvalue weighted by molar-refractivity contribution is 0.194. The van der Waals surface area contributed by atoms with Crippen LogP contribution in [0.2, 0.25) is 5.02 Å². The third-order valence-electron chi connectivity index (χ3n) is 6.17. The zero-order chi connectivity index (χ0) is 22.2. The van der Waals surface area contributed by atoms with Gasteiger partial charge in [0.15, 0.2) is 0 Å². The fraction of sp³-hybridized carbons (Fsp3) is 0.148. The second-order valence-electron chi connectivity index (χ2n) is 8.24. The lowest BCUT2D eigenvalue weighted by Gasteiger charge is -2.31. The highest BCUT2D eigenvalue weighted by Crippen LogP contribution is 2.37. The number of rotatable bonds is 2. The molecule has 0 radical (unpaired) electrons. The third-order valence-corrected chi connectivity index (χ3v) is 6.42. The molecule has 3 aromatic carbocycles. The van der Waals surface area contributed by atoms with Crippen molar-refractivity contribution in [2.75, 3.05) is 5.32 Å². The highest BCUT2D eigenvalue weighted by atomic mass is 35.5. The largest absolute Gasteiger partial charge is 0.322 e. The van der Waals surface area contributed by atoms with Gasteiger partial charge in [-0.25, -0.2) is 4.79 Å². The van der Waals surface area contributed by atoms with Crippen LogP contribution < -0.4 is 5.32 Å². The fourth-order valence-corrected chi connectivity index (χ4v) is 4.48. The topological polar surface area (TPSA) is 37.3 Å². The van der Waals surface area contributed by atoms with Crippen molar-refractivity contribution in [3.63, 3.8) is 0 Å². The molecular weight excluding hydrogens is 418 g/mol. The molecule has 4 nitrogen and oxygen atoms in total. The average Bonchev–Trinajstić information content (AvgIpc) is 3.21. The number of aryl methyl sites for hydroxylation is 2. The maximum absolute atomic E-state index is 13.7. The molecule has 0 saturated heterocycles. The quantitative estimate of drug-likeness (QED) is 0.361. The van der Waals surface area contributed by atoms with Crippen LogP contribution in [0.5, 0.6) is 0 Å². The number of aromatic nitrogens is 1. The van der Waals surface area contributed by atoms with Gasteiger partial charge < -0.3 is 14.8 Å². The molecule has 5 heteroatoms. The Kier molecular flexibility index (Phi) is 5.24. The highest BCUT2D eigenvalue weighted by Gasteiger charge is 2.33. The lowest BCUT2D eigenvalue weighted by Crippen LogP contribution is -2.37. The van der Waals surface area contributed by atoms with Gasteiger partial charge >= 0.3 is 6.03 Å². The SMILES string of the molecule is Cc1ccc(NC(=O)N2Cc3ccccc3-n3cccc3C2c2ccc(Cl)cc2)cc1C. The van der Waals surface area contributed by atoms with E-state index in [1.54, 1.807) is 0 Å². The number of benzene rings is 3. The van der Waals surface area contributed by atoms with Crippen LogP contribution in [0.1, 0.15) is 34.0 Å². The van der Waals surface area contributed by atoms with E-state index < -0.39 is 0 Å². The van der Waals surface area contributed by atoms with Crippen LogP contribution in [-0.4, -0.2) is 15.5 Å². The summed E-state index contributed by atoms with van der Waals surface area (Å²) in [6.45, 7) is 4.61. The smallest absolute Gasteiger partial charge is 0.318 e. The van der Waals surface area contributed by atoms with Crippen molar-refractivity contribution >= 4 is 23.3 Å². The monoisotopic (exact) mass is 441 g/mol. The third kappa shape index (κ3) is 3.67. The standard InChI is InChI=1S/C27H24ClN3O/c1-18-9-14-23(16-19(18)2)29-27(32)31-17-21-6-3-4-7-24(21)30-15-5-8-25(30)26(31)20-10-12-22(28)13-11-20/h3-16,26H,17H2,1-2H3,(H,29,32). The molecule has 2 heterocycles. The predicted molar refractivity (Wildman–Crippen MR) is 130 cm³/mol. The zero-order valence-corrected chi connectivity index (χ0v) is 18.8. The number of halogens is 1. The number of amides is 2. The molecule has 2 amide bonds. The average molecular weight is 442 g/mol. The first kappa shape index (κ1) is 20.4. The van der Waals surface area contributed by atoms with Crippen molar-refractivity contribution in [2.24, 2.45) is 0 Å². The van der Waals surface area contributed by atoms with Crippen LogP contribution in [0.3, 0.4) is 0 Å². The Bertz CT molecular complexity index is 1290. The molecule has 1 aromatic heterocycles. The Labute approximate surface area is 193 Å². The summed E-state index contributed by atoms with van der Waals surface area (Å²) in [5.41, 5.74) is 7.37. The number of nitrogens with one attached hydrogen (secondary N) is 1. The summed E-state index contributed by atoms with van der Waals surface area (Å²) in [4.78, 5) is 15.6. The Morgan fingerprint density at radius 1 is 0.938 bits per heavy atom. The molecule has 1 unspecified atom stereocenters. The molecule has 160 valence electrons. The van der Waals surface area contributed by atoms with E-state index in [0.29, 0.717) is 11.6 Å². The number of hydrogen-bond donors (Lipinski definition) is 1. The van der Waals surface area contributed by atoms with E-state index in [1.807, 2.05) is 65.6 Å². The van der Waals surface area contributed by atoms with Gasteiger partial charge in [-0.2, -0.15) is 0 Å². The predicted octanol–water partition coefficient (Wildman–Crippen LogP) is 6.88. The van der Waals surface area contributed by atoms with Gasteiger partial charge in [0.05, 0.1) is 18.3 Å². The highest BCUT2D eigenvalue weighted by molar-refractivity contribution is 6.30. The Hall–Kier alpha value is -3.50. The van der Waals surface area contributed by atoms with Crippen molar-refractivity contribution in [1.82, 2.24) is 9.47 Å². The molecule has 32 heavy (non-hydrogen) atoms. The van der Waals surface area contributed by atoms with E-state index in [-0.39, 0.29) is 12.1 Å².